The van der Waals surface area contributed by atoms with Gasteiger partial charge < -0.3 is 5.32 Å². The minimum Gasteiger partial charge on any atom is -0.324 e. The Hall–Kier alpha value is -1.12. The van der Waals surface area contributed by atoms with Crippen LogP contribution in [0, 0.1) is 5.92 Å². The number of nitrogens with zero attached hydrogens (tertiary/aromatic N) is 1. The third kappa shape index (κ3) is 4.17. The Morgan fingerprint density at radius 3 is 2.76 bits per heavy atom. The van der Waals surface area contributed by atoms with Crippen molar-refractivity contribution in [3.05, 3.63) is 45.8 Å². The SMILES string of the molecule is O=C(Nc1ccc(Cl)cc1Cl)C1CCCN(S(=O)(=O)c2cccs2)C1. The molecule has 25 heavy (non-hydrogen) atoms. The third-order valence-electron chi connectivity index (χ3n) is 4.03. The van der Waals surface area contributed by atoms with Gasteiger partial charge in [0.15, 0.2) is 0 Å². The Labute approximate surface area is 160 Å². The molecule has 1 unspecified atom stereocenters. The van der Waals surface area contributed by atoms with E-state index in [4.69, 9.17) is 23.2 Å². The molecule has 1 N–H and O–H groups in total. The van der Waals surface area contributed by atoms with Crippen LogP contribution in [0.4, 0.5) is 5.69 Å². The van der Waals surface area contributed by atoms with Crippen LogP contribution in [0.15, 0.2) is 39.9 Å². The average Bonchev–Trinajstić information content (AvgIpc) is 3.13. The molecule has 0 bridgehead atoms. The van der Waals surface area contributed by atoms with E-state index >= 15 is 0 Å². The molecule has 1 aliphatic heterocycles. The van der Waals surface area contributed by atoms with Gasteiger partial charge in [-0.3, -0.25) is 4.79 Å². The molecule has 3 rings (SSSR count). The maximum absolute atomic E-state index is 12.6. The predicted molar refractivity (Wildman–Crippen MR) is 101 cm³/mol. The molecule has 0 aliphatic carbocycles. The van der Waals surface area contributed by atoms with Crippen LogP contribution in [0.25, 0.3) is 0 Å². The number of nitrogens with one attached hydrogen (secondary N) is 1. The fraction of sp³-hybridized carbons (Fsp3) is 0.312. The van der Waals surface area contributed by atoms with Crippen LogP contribution in [0.3, 0.4) is 0 Å². The molecule has 0 spiro atoms. The molecular weight excluding hydrogens is 403 g/mol. The highest BCUT2D eigenvalue weighted by atomic mass is 35.5. The zero-order chi connectivity index (χ0) is 18.0. The standard InChI is InChI=1S/C16H16Cl2N2O3S2/c17-12-5-6-14(13(18)9-12)19-16(21)11-3-1-7-20(10-11)25(22,23)15-4-2-8-24-15/h2,4-6,8-9,11H,1,3,7,10H2,(H,19,21). The van der Waals surface area contributed by atoms with Gasteiger partial charge in [-0.25, -0.2) is 8.42 Å². The summed E-state index contributed by atoms with van der Waals surface area (Å²) in [6, 6.07) is 8.10. The zero-order valence-electron chi connectivity index (χ0n) is 13.1. The van der Waals surface area contributed by atoms with Crippen LogP contribution in [0.1, 0.15) is 12.8 Å². The normalized spacial score (nSPS) is 18.9. The van der Waals surface area contributed by atoms with Crippen LogP contribution in [-0.4, -0.2) is 31.7 Å². The summed E-state index contributed by atoms with van der Waals surface area (Å²) in [4.78, 5) is 12.5. The molecular formula is C16H16Cl2N2O3S2. The molecule has 1 aliphatic rings. The second-order valence-electron chi connectivity index (χ2n) is 5.75. The van der Waals surface area contributed by atoms with Gasteiger partial charge in [-0.1, -0.05) is 29.3 Å². The van der Waals surface area contributed by atoms with Gasteiger partial charge in [-0.05, 0) is 42.5 Å². The average molecular weight is 419 g/mol. The van der Waals surface area contributed by atoms with Crippen molar-refractivity contribution >= 4 is 56.2 Å². The molecule has 2 aromatic rings. The fourth-order valence-corrected chi connectivity index (χ4v) is 5.86. The van der Waals surface area contributed by atoms with Crippen molar-refractivity contribution < 1.29 is 13.2 Å². The summed E-state index contributed by atoms with van der Waals surface area (Å²) in [5, 5.41) is 5.32. The molecule has 1 fully saturated rings. The topological polar surface area (TPSA) is 66.5 Å². The van der Waals surface area contributed by atoms with Crippen LogP contribution in [0.5, 0.6) is 0 Å². The number of carbonyl (C=O) groups excluding carboxylic acids is 1. The molecule has 0 radical (unpaired) electrons. The van der Waals surface area contributed by atoms with Crippen LogP contribution in [0.2, 0.25) is 10.0 Å². The smallest absolute Gasteiger partial charge is 0.252 e. The van der Waals surface area contributed by atoms with Crippen molar-refractivity contribution in [3.8, 4) is 0 Å². The van der Waals surface area contributed by atoms with Crippen LogP contribution in [-0.2, 0) is 14.8 Å². The molecule has 1 atom stereocenters. The molecule has 1 saturated heterocycles. The van der Waals surface area contributed by atoms with E-state index < -0.39 is 15.9 Å². The third-order valence-corrected chi connectivity index (χ3v) is 7.82. The summed E-state index contributed by atoms with van der Waals surface area (Å²) in [6.45, 7) is 0.586. The molecule has 5 nitrogen and oxygen atoms in total. The minimum atomic E-state index is -3.54. The largest absolute Gasteiger partial charge is 0.324 e. The minimum absolute atomic E-state index is 0.164. The predicted octanol–water partition coefficient (Wildman–Crippen LogP) is 4.09. The number of rotatable bonds is 4. The van der Waals surface area contributed by atoms with E-state index in [1.165, 1.54) is 15.6 Å². The summed E-state index contributed by atoms with van der Waals surface area (Å²) >= 11 is 13.1. The Morgan fingerprint density at radius 2 is 2.08 bits per heavy atom. The molecule has 1 amide bonds. The summed E-state index contributed by atoms with van der Waals surface area (Å²) in [5.41, 5.74) is 0.467. The Balaban J connectivity index is 1.72. The molecule has 1 aromatic carbocycles. The maximum atomic E-state index is 12.6. The summed E-state index contributed by atoms with van der Waals surface area (Å²) in [6.07, 6.45) is 1.27. The maximum Gasteiger partial charge on any atom is 0.252 e. The van der Waals surface area contributed by atoms with Crippen molar-refractivity contribution in [3.63, 3.8) is 0 Å². The van der Waals surface area contributed by atoms with Gasteiger partial charge in [-0.2, -0.15) is 4.31 Å². The molecule has 134 valence electrons. The number of hydrogen-bond donors (Lipinski definition) is 1. The number of thiophene rings is 1. The Morgan fingerprint density at radius 1 is 1.28 bits per heavy atom. The number of amides is 1. The number of sulfonamides is 1. The van der Waals surface area contributed by atoms with Gasteiger partial charge >= 0.3 is 0 Å². The van der Waals surface area contributed by atoms with E-state index in [1.807, 2.05) is 0 Å². The van der Waals surface area contributed by atoms with E-state index in [1.54, 1.807) is 35.7 Å². The molecule has 2 heterocycles. The highest BCUT2D eigenvalue weighted by molar-refractivity contribution is 7.91. The Bertz CT molecular complexity index is 870. The zero-order valence-corrected chi connectivity index (χ0v) is 16.3. The quantitative estimate of drug-likeness (QED) is 0.812. The number of piperidine rings is 1. The lowest BCUT2D eigenvalue weighted by molar-refractivity contribution is -0.120. The van der Waals surface area contributed by atoms with E-state index in [-0.39, 0.29) is 12.5 Å². The van der Waals surface area contributed by atoms with Gasteiger partial charge in [0.2, 0.25) is 5.91 Å². The first-order valence-corrected chi connectivity index (χ1v) is 10.7. The molecule has 1 aromatic heterocycles. The molecule has 9 heteroatoms. The summed E-state index contributed by atoms with van der Waals surface area (Å²) in [7, 11) is -3.54. The van der Waals surface area contributed by atoms with Crippen molar-refractivity contribution in [2.24, 2.45) is 5.92 Å². The lowest BCUT2D eigenvalue weighted by Crippen LogP contribution is -2.43. The van der Waals surface area contributed by atoms with E-state index in [0.717, 1.165) is 0 Å². The number of anilines is 1. The van der Waals surface area contributed by atoms with Gasteiger partial charge in [-0.15, -0.1) is 11.3 Å². The first-order valence-electron chi connectivity index (χ1n) is 7.67. The number of carbonyl (C=O) groups is 1. The summed E-state index contributed by atoms with van der Waals surface area (Å²) in [5.74, 6) is -0.662. The van der Waals surface area contributed by atoms with Gasteiger partial charge in [0.25, 0.3) is 10.0 Å². The lowest BCUT2D eigenvalue weighted by Gasteiger charge is -2.30. The second kappa shape index (κ2) is 7.63. The fourth-order valence-electron chi connectivity index (χ4n) is 2.74. The van der Waals surface area contributed by atoms with Crippen LogP contribution >= 0.6 is 34.5 Å². The van der Waals surface area contributed by atoms with Crippen molar-refractivity contribution in [2.75, 3.05) is 18.4 Å². The summed E-state index contributed by atoms with van der Waals surface area (Å²) < 4.78 is 27.0. The molecule has 0 saturated carbocycles. The van der Waals surface area contributed by atoms with E-state index in [2.05, 4.69) is 5.32 Å². The second-order valence-corrected chi connectivity index (χ2v) is 9.70. The first-order chi connectivity index (χ1) is 11.9. The number of halogens is 2. The van der Waals surface area contributed by atoms with Crippen molar-refractivity contribution in [1.29, 1.82) is 0 Å². The number of hydrogen-bond acceptors (Lipinski definition) is 4. The van der Waals surface area contributed by atoms with E-state index in [9.17, 15) is 13.2 Å². The van der Waals surface area contributed by atoms with Crippen molar-refractivity contribution in [2.45, 2.75) is 17.1 Å². The monoisotopic (exact) mass is 418 g/mol. The Kier molecular flexibility index (Phi) is 5.70. The van der Waals surface area contributed by atoms with Gasteiger partial charge in [0.1, 0.15) is 4.21 Å². The highest BCUT2D eigenvalue weighted by Crippen LogP contribution is 2.29. The van der Waals surface area contributed by atoms with E-state index in [0.29, 0.717) is 39.3 Å². The highest BCUT2D eigenvalue weighted by Gasteiger charge is 2.33. The number of benzene rings is 1. The first kappa shape index (κ1) is 18.7. The lowest BCUT2D eigenvalue weighted by atomic mass is 9.99. The van der Waals surface area contributed by atoms with Crippen LogP contribution < -0.4 is 5.32 Å². The van der Waals surface area contributed by atoms with Gasteiger partial charge in [0.05, 0.1) is 16.6 Å². The van der Waals surface area contributed by atoms with Gasteiger partial charge in [0, 0.05) is 18.1 Å². The van der Waals surface area contributed by atoms with Crippen molar-refractivity contribution in [1.82, 2.24) is 4.31 Å².